The lowest BCUT2D eigenvalue weighted by Crippen LogP contribution is -1.88. The highest BCUT2D eigenvalue weighted by molar-refractivity contribution is 6.00. The molecular formula is C24H18FN7O. The van der Waals surface area contributed by atoms with Crippen molar-refractivity contribution in [3.63, 3.8) is 0 Å². The summed E-state index contributed by atoms with van der Waals surface area (Å²) < 4.78 is 21.1. The molecule has 0 saturated carbocycles. The van der Waals surface area contributed by atoms with E-state index >= 15 is 0 Å². The molecule has 162 valence electrons. The van der Waals surface area contributed by atoms with E-state index in [-0.39, 0.29) is 5.82 Å². The molecule has 33 heavy (non-hydrogen) atoms. The van der Waals surface area contributed by atoms with E-state index in [2.05, 4.69) is 30.2 Å². The molecule has 0 aliphatic heterocycles. The van der Waals surface area contributed by atoms with Crippen molar-refractivity contribution in [1.29, 1.82) is 0 Å². The highest BCUT2D eigenvalue weighted by atomic mass is 19.1. The molecule has 0 fully saturated rings. The molecule has 0 aliphatic rings. The van der Waals surface area contributed by atoms with Crippen molar-refractivity contribution in [2.75, 3.05) is 7.11 Å². The first-order valence-corrected chi connectivity index (χ1v) is 10.3. The van der Waals surface area contributed by atoms with Gasteiger partial charge in [0, 0.05) is 41.8 Å². The molecule has 9 heteroatoms. The van der Waals surface area contributed by atoms with Gasteiger partial charge in [0.05, 0.1) is 36.4 Å². The zero-order chi connectivity index (χ0) is 22.5. The first-order valence-electron chi connectivity index (χ1n) is 10.3. The number of ether oxygens (including phenoxy) is 1. The summed E-state index contributed by atoms with van der Waals surface area (Å²) >= 11 is 0. The maximum atomic E-state index is 14.2. The standard InChI is InChI=1S/C24H18FN7O/c1-32-12-14(10-28-32)20-9-19-22(11-27-20)30-31-23(19)21-8-18-17(3-4-26-24(18)29-21)13-5-15(25)7-16(6-13)33-2/h3-12H,1-2H3,(H,26,29)(H,30,31). The molecule has 1 aromatic carbocycles. The summed E-state index contributed by atoms with van der Waals surface area (Å²) in [6.07, 6.45) is 7.16. The number of hydrogen-bond acceptors (Lipinski definition) is 5. The summed E-state index contributed by atoms with van der Waals surface area (Å²) in [6, 6.07) is 10.5. The van der Waals surface area contributed by atoms with Crippen LogP contribution in [0.15, 0.2) is 61.2 Å². The van der Waals surface area contributed by atoms with Crippen molar-refractivity contribution < 1.29 is 9.13 Å². The van der Waals surface area contributed by atoms with E-state index in [1.807, 2.05) is 31.4 Å². The Morgan fingerprint density at radius 2 is 1.91 bits per heavy atom. The van der Waals surface area contributed by atoms with E-state index in [9.17, 15) is 4.39 Å². The molecule has 2 N–H and O–H groups in total. The molecule has 0 spiro atoms. The fourth-order valence-electron chi connectivity index (χ4n) is 4.08. The summed E-state index contributed by atoms with van der Waals surface area (Å²) in [5, 5.41) is 13.6. The number of nitrogens with one attached hydrogen (secondary N) is 2. The number of hydrogen-bond donors (Lipinski definition) is 2. The van der Waals surface area contributed by atoms with Gasteiger partial charge in [-0.1, -0.05) is 0 Å². The van der Waals surface area contributed by atoms with Crippen LogP contribution in [0.5, 0.6) is 5.75 Å². The maximum absolute atomic E-state index is 14.2. The summed E-state index contributed by atoms with van der Waals surface area (Å²) in [6.45, 7) is 0. The van der Waals surface area contributed by atoms with E-state index in [0.29, 0.717) is 17.0 Å². The van der Waals surface area contributed by atoms with Gasteiger partial charge in [-0.25, -0.2) is 9.37 Å². The number of pyridine rings is 2. The number of fused-ring (bicyclic) bond motifs is 2. The number of rotatable bonds is 4. The molecular weight excluding hydrogens is 421 g/mol. The zero-order valence-corrected chi connectivity index (χ0v) is 17.8. The second kappa shape index (κ2) is 7.27. The van der Waals surface area contributed by atoms with Gasteiger partial charge in [0.15, 0.2) is 0 Å². The minimum absolute atomic E-state index is 0.362. The zero-order valence-electron chi connectivity index (χ0n) is 17.8. The average molecular weight is 439 g/mol. The molecule has 0 atom stereocenters. The smallest absolute Gasteiger partial charge is 0.138 e. The van der Waals surface area contributed by atoms with E-state index in [1.165, 1.54) is 19.2 Å². The van der Waals surface area contributed by atoms with Crippen LogP contribution in [0.1, 0.15) is 0 Å². The molecule has 6 rings (SSSR count). The highest BCUT2D eigenvalue weighted by Crippen LogP contribution is 2.35. The van der Waals surface area contributed by atoms with Crippen molar-refractivity contribution in [3.05, 3.63) is 67.0 Å². The molecule has 0 bridgehead atoms. The van der Waals surface area contributed by atoms with Gasteiger partial charge >= 0.3 is 0 Å². The van der Waals surface area contributed by atoms with Gasteiger partial charge in [-0.2, -0.15) is 10.2 Å². The number of methoxy groups -OCH3 is 1. The summed E-state index contributed by atoms with van der Waals surface area (Å²) in [7, 11) is 3.39. The van der Waals surface area contributed by atoms with Crippen molar-refractivity contribution in [2.24, 2.45) is 7.05 Å². The van der Waals surface area contributed by atoms with Crippen LogP contribution in [0.4, 0.5) is 4.39 Å². The van der Waals surface area contributed by atoms with Crippen LogP contribution in [-0.2, 0) is 7.05 Å². The minimum Gasteiger partial charge on any atom is -0.497 e. The highest BCUT2D eigenvalue weighted by Gasteiger charge is 2.16. The van der Waals surface area contributed by atoms with E-state index in [4.69, 9.17) is 4.74 Å². The monoisotopic (exact) mass is 439 g/mol. The van der Waals surface area contributed by atoms with Crippen LogP contribution in [0.3, 0.4) is 0 Å². The van der Waals surface area contributed by atoms with Gasteiger partial charge in [-0.05, 0) is 41.5 Å². The normalized spacial score (nSPS) is 11.5. The SMILES string of the molecule is COc1cc(F)cc(-c2ccnc3[nH]c(-c4n[nH]c5cnc(-c6cnn(C)c6)cc45)cc23)c1. The lowest BCUT2D eigenvalue weighted by Gasteiger charge is -2.06. The number of benzene rings is 1. The molecule has 0 saturated heterocycles. The fraction of sp³-hybridized carbons (Fsp3) is 0.0833. The van der Waals surface area contributed by atoms with Crippen molar-refractivity contribution >= 4 is 21.9 Å². The molecule has 8 nitrogen and oxygen atoms in total. The van der Waals surface area contributed by atoms with Gasteiger partial charge in [-0.15, -0.1) is 0 Å². The topological polar surface area (TPSA) is 97.3 Å². The molecule has 5 heterocycles. The largest absolute Gasteiger partial charge is 0.497 e. The molecule has 5 aromatic heterocycles. The Morgan fingerprint density at radius 1 is 1.00 bits per heavy atom. The Labute approximate surface area is 187 Å². The van der Waals surface area contributed by atoms with Gasteiger partial charge in [0.25, 0.3) is 0 Å². The van der Waals surface area contributed by atoms with E-state index in [0.717, 1.165) is 44.5 Å². The predicted molar refractivity (Wildman–Crippen MR) is 123 cm³/mol. The molecule has 0 radical (unpaired) electrons. The average Bonchev–Trinajstić information content (AvgIpc) is 3.55. The first kappa shape index (κ1) is 19.2. The minimum atomic E-state index is -0.362. The molecule has 0 unspecified atom stereocenters. The number of halogens is 1. The third-order valence-electron chi connectivity index (χ3n) is 5.65. The number of aromatic nitrogens is 7. The van der Waals surface area contributed by atoms with E-state index in [1.54, 1.807) is 29.3 Å². The molecule has 0 amide bonds. The number of aryl methyl sites for hydroxylation is 1. The predicted octanol–water partition coefficient (Wildman–Crippen LogP) is 4.72. The van der Waals surface area contributed by atoms with Crippen molar-refractivity contribution in [1.82, 2.24) is 34.9 Å². The van der Waals surface area contributed by atoms with Crippen LogP contribution < -0.4 is 4.74 Å². The van der Waals surface area contributed by atoms with Crippen molar-refractivity contribution in [3.8, 4) is 39.5 Å². The van der Waals surface area contributed by atoms with E-state index < -0.39 is 0 Å². The first-order chi connectivity index (χ1) is 16.1. The third kappa shape index (κ3) is 3.21. The van der Waals surface area contributed by atoms with Crippen LogP contribution in [0, 0.1) is 5.82 Å². The van der Waals surface area contributed by atoms with Crippen LogP contribution in [0.2, 0.25) is 0 Å². The Hall–Kier alpha value is -4.53. The van der Waals surface area contributed by atoms with Crippen LogP contribution >= 0.6 is 0 Å². The number of H-pyrrole nitrogens is 2. The molecule has 0 aliphatic carbocycles. The summed E-state index contributed by atoms with van der Waals surface area (Å²) in [4.78, 5) is 12.3. The quantitative estimate of drug-likeness (QED) is 0.414. The molecule has 6 aromatic rings. The lowest BCUT2D eigenvalue weighted by molar-refractivity contribution is 0.411. The third-order valence-corrected chi connectivity index (χ3v) is 5.65. The van der Waals surface area contributed by atoms with Gasteiger partial charge in [-0.3, -0.25) is 14.8 Å². The fourth-order valence-corrected chi connectivity index (χ4v) is 4.08. The second-order valence-electron chi connectivity index (χ2n) is 7.77. The number of nitrogens with zero attached hydrogens (tertiary/aromatic N) is 5. The Kier molecular flexibility index (Phi) is 4.22. The van der Waals surface area contributed by atoms with Crippen LogP contribution in [-0.4, -0.2) is 42.0 Å². The van der Waals surface area contributed by atoms with Gasteiger partial charge < -0.3 is 9.72 Å². The van der Waals surface area contributed by atoms with Gasteiger partial charge in [0.1, 0.15) is 22.9 Å². The van der Waals surface area contributed by atoms with Crippen LogP contribution in [0.25, 0.3) is 55.7 Å². The Balaban J connectivity index is 1.50. The summed E-state index contributed by atoms with van der Waals surface area (Å²) in [5.41, 5.74) is 6.33. The Bertz CT molecular complexity index is 1650. The van der Waals surface area contributed by atoms with Crippen molar-refractivity contribution in [2.45, 2.75) is 0 Å². The lowest BCUT2D eigenvalue weighted by atomic mass is 10.0. The summed E-state index contributed by atoms with van der Waals surface area (Å²) in [5.74, 6) is 0.0956. The number of aromatic amines is 2. The second-order valence-corrected chi connectivity index (χ2v) is 7.77. The van der Waals surface area contributed by atoms with Gasteiger partial charge in [0.2, 0.25) is 0 Å². The Morgan fingerprint density at radius 3 is 2.73 bits per heavy atom. The maximum Gasteiger partial charge on any atom is 0.138 e.